The Balaban J connectivity index is 2.99. The van der Waals surface area contributed by atoms with Crippen LogP contribution in [0.25, 0.3) is 0 Å². The van der Waals surface area contributed by atoms with E-state index in [9.17, 15) is 8.42 Å². The third-order valence-corrected chi connectivity index (χ3v) is 4.17. The molecule has 0 heterocycles. The topological polar surface area (TPSA) is 72.6 Å². The van der Waals surface area contributed by atoms with Gasteiger partial charge in [0, 0.05) is 24.4 Å². The van der Waals surface area contributed by atoms with Gasteiger partial charge in [-0.05, 0) is 20.0 Å². The van der Waals surface area contributed by atoms with Crippen molar-refractivity contribution in [2.24, 2.45) is 5.73 Å². The lowest BCUT2D eigenvalue weighted by atomic mass is 9.98. The highest BCUT2D eigenvalue weighted by atomic mass is 32.2. The molecule has 0 aliphatic rings. The van der Waals surface area contributed by atoms with Crippen LogP contribution < -0.4 is 10.5 Å². The summed E-state index contributed by atoms with van der Waals surface area (Å²) in [5, 5.41) is 0. The number of methoxy groups -OCH3 is 1. The zero-order valence-electron chi connectivity index (χ0n) is 12.5. The summed E-state index contributed by atoms with van der Waals surface area (Å²) in [7, 11) is 0.509. The molecule has 0 radical (unpaired) electrons. The van der Waals surface area contributed by atoms with Gasteiger partial charge in [0.1, 0.15) is 15.6 Å². The molecule has 114 valence electrons. The van der Waals surface area contributed by atoms with E-state index in [2.05, 4.69) is 0 Å². The minimum Gasteiger partial charge on any atom is -0.496 e. The van der Waals surface area contributed by atoms with E-state index >= 15 is 0 Å². The number of benzene rings is 1. The molecule has 0 spiro atoms. The van der Waals surface area contributed by atoms with Crippen LogP contribution in [0.5, 0.6) is 5.75 Å². The first kappa shape index (κ1) is 16.9. The van der Waals surface area contributed by atoms with Crippen molar-refractivity contribution in [3.8, 4) is 5.75 Å². The Hall–Kier alpha value is -1.11. The van der Waals surface area contributed by atoms with Gasteiger partial charge in [-0.1, -0.05) is 18.2 Å². The molecule has 0 aromatic heterocycles. The number of nitrogens with two attached hydrogens (primary N) is 1. The smallest absolute Gasteiger partial charge is 0.148 e. The van der Waals surface area contributed by atoms with E-state index in [1.165, 1.54) is 6.26 Å². The first-order chi connectivity index (χ1) is 9.26. The molecule has 0 aliphatic carbocycles. The van der Waals surface area contributed by atoms with E-state index in [0.29, 0.717) is 6.54 Å². The number of nitrogens with zero attached hydrogens (tertiary/aromatic N) is 1. The van der Waals surface area contributed by atoms with Crippen molar-refractivity contribution in [2.75, 3.05) is 32.7 Å². The van der Waals surface area contributed by atoms with Gasteiger partial charge in [0.05, 0.1) is 18.9 Å². The van der Waals surface area contributed by atoms with Gasteiger partial charge in [0.25, 0.3) is 0 Å². The fourth-order valence-corrected chi connectivity index (χ4v) is 2.90. The minimum atomic E-state index is -2.99. The lowest BCUT2D eigenvalue weighted by molar-refractivity contribution is 0.225. The monoisotopic (exact) mass is 300 g/mol. The van der Waals surface area contributed by atoms with Gasteiger partial charge in [-0.3, -0.25) is 4.90 Å². The number of hydrogen-bond acceptors (Lipinski definition) is 5. The molecule has 5 nitrogen and oxygen atoms in total. The molecule has 0 saturated heterocycles. The standard InChI is InChI=1S/C14H24N2O3S/c1-11(15)14(16(2)9-10-20(4,17)18)12-7-5-6-8-13(12)19-3/h5-8,11,14H,9-10,15H2,1-4H3. The molecule has 2 atom stereocenters. The van der Waals surface area contributed by atoms with Crippen LogP contribution in [0.2, 0.25) is 0 Å². The normalized spacial score (nSPS) is 15.1. The Morgan fingerprint density at radius 1 is 1.35 bits per heavy atom. The number of rotatable bonds is 7. The van der Waals surface area contributed by atoms with Crippen LogP contribution >= 0.6 is 0 Å². The minimum absolute atomic E-state index is 0.0899. The maximum atomic E-state index is 11.3. The Morgan fingerprint density at radius 2 is 1.95 bits per heavy atom. The van der Waals surface area contributed by atoms with Crippen LogP contribution in [-0.2, 0) is 9.84 Å². The van der Waals surface area contributed by atoms with E-state index in [0.717, 1.165) is 11.3 Å². The second-order valence-electron chi connectivity index (χ2n) is 5.16. The van der Waals surface area contributed by atoms with Crippen molar-refractivity contribution in [2.45, 2.75) is 19.0 Å². The van der Waals surface area contributed by atoms with Crippen LogP contribution in [0.3, 0.4) is 0 Å². The maximum absolute atomic E-state index is 11.3. The predicted molar refractivity (Wildman–Crippen MR) is 81.7 cm³/mol. The summed E-state index contributed by atoms with van der Waals surface area (Å²) in [4.78, 5) is 1.96. The number of sulfone groups is 1. The summed E-state index contributed by atoms with van der Waals surface area (Å²) in [6.45, 7) is 2.34. The van der Waals surface area contributed by atoms with Crippen molar-refractivity contribution in [1.82, 2.24) is 4.90 Å². The van der Waals surface area contributed by atoms with Crippen LogP contribution in [0.1, 0.15) is 18.5 Å². The van der Waals surface area contributed by atoms with E-state index in [1.807, 2.05) is 43.1 Å². The summed E-state index contributed by atoms with van der Waals surface area (Å²) >= 11 is 0. The zero-order valence-corrected chi connectivity index (χ0v) is 13.4. The summed E-state index contributed by atoms with van der Waals surface area (Å²) in [6.07, 6.45) is 1.24. The Kier molecular flexibility index (Phi) is 5.98. The van der Waals surface area contributed by atoms with Crippen molar-refractivity contribution < 1.29 is 13.2 Å². The Morgan fingerprint density at radius 3 is 2.45 bits per heavy atom. The predicted octanol–water partition coefficient (Wildman–Crippen LogP) is 1.06. The maximum Gasteiger partial charge on any atom is 0.148 e. The van der Waals surface area contributed by atoms with E-state index in [4.69, 9.17) is 10.5 Å². The van der Waals surface area contributed by atoms with Gasteiger partial charge < -0.3 is 10.5 Å². The molecule has 1 rings (SSSR count). The van der Waals surface area contributed by atoms with Crippen LogP contribution in [0.4, 0.5) is 0 Å². The highest BCUT2D eigenvalue weighted by Crippen LogP contribution is 2.30. The zero-order chi connectivity index (χ0) is 15.3. The summed E-state index contributed by atoms with van der Waals surface area (Å²) in [5.74, 6) is 0.878. The average molecular weight is 300 g/mol. The van der Waals surface area contributed by atoms with Crippen molar-refractivity contribution in [1.29, 1.82) is 0 Å². The second kappa shape index (κ2) is 7.06. The largest absolute Gasteiger partial charge is 0.496 e. The van der Waals surface area contributed by atoms with E-state index < -0.39 is 9.84 Å². The Bertz CT molecular complexity index is 529. The molecule has 20 heavy (non-hydrogen) atoms. The highest BCUT2D eigenvalue weighted by Gasteiger charge is 2.24. The van der Waals surface area contributed by atoms with Gasteiger partial charge in [0.2, 0.25) is 0 Å². The fraction of sp³-hybridized carbons (Fsp3) is 0.571. The number of hydrogen-bond donors (Lipinski definition) is 1. The van der Waals surface area contributed by atoms with Gasteiger partial charge in [-0.2, -0.15) is 0 Å². The third kappa shape index (κ3) is 4.77. The molecule has 2 N–H and O–H groups in total. The molecule has 6 heteroatoms. The lowest BCUT2D eigenvalue weighted by Gasteiger charge is -2.32. The van der Waals surface area contributed by atoms with Crippen molar-refractivity contribution in [3.63, 3.8) is 0 Å². The molecule has 2 unspecified atom stereocenters. The SMILES string of the molecule is COc1ccccc1C(C(C)N)N(C)CCS(C)(=O)=O. The van der Waals surface area contributed by atoms with Gasteiger partial charge in [0.15, 0.2) is 0 Å². The fourth-order valence-electron chi connectivity index (χ4n) is 2.28. The molecular formula is C14H24N2O3S. The Labute approximate surface area is 121 Å². The van der Waals surface area contributed by atoms with Crippen LogP contribution in [0, 0.1) is 0 Å². The van der Waals surface area contributed by atoms with Gasteiger partial charge in [-0.15, -0.1) is 0 Å². The molecular weight excluding hydrogens is 276 g/mol. The van der Waals surface area contributed by atoms with Crippen LogP contribution in [0.15, 0.2) is 24.3 Å². The van der Waals surface area contributed by atoms with Crippen molar-refractivity contribution >= 4 is 9.84 Å². The molecule has 0 fully saturated rings. The average Bonchev–Trinajstić information content (AvgIpc) is 2.36. The molecule has 0 bridgehead atoms. The first-order valence-electron chi connectivity index (χ1n) is 6.52. The van der Waals surface area contributed by atoms with E-state index in [1.54, 1.807) is 7.11 Å². The quantitative estimate of drug-likeness (QED) is 0.815. The highest BCUT2D eigenvalue weighted by molar-refractivity contribution is 7.90. The number of likely N-dealkylation sites (N-methyl/N-ethyl adjacent to an activating group) is 1. The number of para-hydroxylation sites is 1. The van der Waals surface area contributed by atoms with E-state index in [-0.39, 0.29) is 17.8 Å². The third-order valence-electron chi connectivity index (χ3n) is 3.25. The lowest BCUT2D eigenvalue weighted by Crippen LogP contribution is -2.39. The molecule has 0 amide bonds. The second-order valence-corrected chi connectivity index (χ2v) is 7.42. The summed E-state index contributed by atoms with van der Waals surface area (Å²) < 4.78 is 28.0. The van der Waals surface area contributed by atoms with Gasteiger partial charge in [-0.25, -0.2) is 8.42 Å². The summed E-state index contributed by atoms with van der Waals surface area (Å²) in [5.41, 5.74) is 7.06. The van der Waals surface area contributed by atoms with Crippen molar-refractivity contribution in [3.05, 3.63) is 29.8 Å². The molecule has 0 aliphatic heterocycles. The first-order valence-corrected chi connectivity index (χ1v) is 8.58. The molecule has 1 aromatic rings. The van der Waals surface area contributed by atoms with Crippen LogP contribution in [-0.4, -0.2) is 52.1 Å². The summed E-state index contributed by atoms with van der Waals surface area (Å²) in [6, 6.07) is 7.44. The van der Waals surface area contributed by atoms with Gasteiger partial charge >= 0.3 is 0 Å². The number of ether oxygens (including phenoxy) is 1. The molecule has 0 saturated carbocycles. The molecule has 1 aromatic carbocycles.